The van der Waals surface area contributed by atoms with E-state index in [9.17, 15) is 9.59 Å². The molecule has 0 bridgehead atoms. The van der Waals surface area contributed by atoms with Gasteiger partial charge in [-0.05, 0) is 20.3 Å². The molecule has 0 spiro atoms. The molecule has 1 aromatic heterocycles. The second kappa shape index (κ2) is 10.8. The van der Waals surface area contributed by atoms with Crippen molar-refractivity contribution in [2.45, 2.75) is 35.9 Å². The molecule has 0 aliphatic heterocycles. The van der Waals surface area contributed by atoms with Gasteiger partial charge in [0.05, 0.1) is 11.5 Å². The summed E-state index contributed by atoms with van der Waals surface area (Å²) in [7, 11) is 0. The highest BCUT2D eigenvalue weighted by atomic mass is 32.2. The van der Waals surface area contributed by atoms with E-state index in [2.05, 4.69) is 15.5 Å². The van der Waals surface area contributed by atoms with E-state index in [-0.39, 0.29) is 11.8 Å². The summed E-state index contributed by atoms with van der Waals surface area (Å²) in [6, 6.07) is 0. The monoisotopic (exact) mass is 362 g/mol. The normalized spacial score (nSPS) is 10.5. The van der Waals surface area contributed by atoms with E-state index in [0.29, 0.717) is 18.1 Å². The number of aromatic nitrogens is 2. The Labute approximate surface area is 143 Å². The molecule has 6 nitrogen and oxygen atoms in total. The molecular formula is C13H22N4O2S3. The highest BCUT2D eigenvalue weighted by Gasteiger charge is 2.13. The molecule has 0 saturated carbocycles. The van der Waals surface area contributed by atoms with Crippen LogP contribution in [-0.2, 0) is 9.59 Å². The number of carbonyl (C=O) groups excluding carboxylic acids is 2. The topological polar surface area (TPSA) is 75.2 Å². The van der Waals surface area contributed by atoms with Crippen molar-refractivity contribution in [1.29, 1.82) is 0 Å². The van der Waals surface area contributed by atoms with Crippen molar-refractivity contribution in [3.8, 4) is 0 Å². The summed E-state index contributed by atoms with van der Waals surface area (Å²) in [5.74, 6) is 0.835. The Bertz CT molecular complexity index is 478. The second-order valence-corrected chi connectivity index (χ2v) is 7.75. The van der Waals surface area contributed by atoms with Gasteiger partial charge in [-0.3, -0.25) is 9.59 Å². The van der Waals surface area contributed by atoms with Gasteiger partial charge in [0.2, 0.25) is 11.8 Å². The first-order valence-corrected chi connectivity index (χ1v) is 10.0. The van der Waals surface area contributed by atoms with Crippen LogP contribution >= 0.6 is 34.9 Å². The molecule has 0 radical (unpaired) electrons. The fourth-order valence-corrected chi connectivity index (χ4v) is 4.30. The maximum absolute atomic E-state index is 11.9. The van der Waals surface area contributed by atoms with E-state index in [1.54, 1.807) is 4.90 Å². The van der Waals surface area contributed by atoms with Gasteiger partial charge in [-0.2, -0.15) is 0 Å². The highest BCUT2D eigenvalue weighted by Crippen LogP contribution is 2.28. The predicted octanol–water partition coefficient (Wildman–Crippen LogP) is 2.12. The van der Waals surface area contributed by atoms with Gasteiger partial charge < -0.3 is 10.2 Å². The lowest BCUT2D eigenvalue weighted by atomic mass is 10.5. The van der Waals surface area contributed by atoms with Crippen molar-refractivity contribution in [1.82, 2.24) is 20.4 Å². The van der Waals surface area contributed by atoms with E-state index in [1.165, 1.54) is 34.9 Å². The van der Waals surface area contributed by atoms with Crippen molar-refractivity contribution >= 4 is 46.7 Å². The molecule has 0 aliphatic rings. The van der Waals surface area contributed by atoms with Crippen LogP contribution in [0.5, 0.6) is 0 Å². The maximum Gasteiger partial charge on any atom is 0.233 e. The molecule has 1 rings (SSSR count). The summed E-state index contributed by atoms with van der Waals surface area (Å²) < 4.78 is 1.52. The average molecular weight is 363 g/mol. The molecule has 2 amide bonds. The molecule has 0 aromatic carbocycles. The number of amides is 2. The zero-order valence-electron chi connectivity index (χ0n) is 13.1. The molecule has 0 atom stereocenters. The minimum atomic E-state index is 0.00737. The van der Waals surface area contributed by atoms with Gasteiger partial charge in [0.1, 0.15) is 0 Å². The van der Waals surface area contributed by atoms with Crippen molar-refractivity contribution in [3.05, 3.63) is 0 Å². The highest BCUT2D eigenvalue weighted by molar-refractivity contribution is 8.03. The molecule has 9 heteroatoms. The molecule has 1 aromatic rings. The van der Waals surface area contributed by atoms with Crippen molar-refractivity contribution in [2.75, 3.05) is 31.1 Å². The number of hydrogen-bond acceptors (Lipinski definition) is 7. The third kappa shape index (κ3) is 6.97. The van der Waals surface area contributed by atoms with Gasteiger partial charge in [-0.1, -0.05) is 41.8 Å². The van der Waals surface area contributed by atoms with Gasteiger partial charge >= 0.3 is 0 Å². The predicted molar refractivity (Wildman–Crippen MR) is 92.6 cm³/mol. The van der Waals surface area contributed by atoms with Crippen LogP contribution in [0.3, 0.4) is 0 Å². The molecule has 0 fully saturated rings. The van der Waals surface area contributed by atoms with Crippen LogP contribution < -0.4 is 5.32 Å². The summed E-state index contributed by atoms with van der Waals surface area (Å²) in [5, 5.41) is 10.9. The minimum absolute atomic E-state index is 0.00737. The quantitative estimate of drug-likeness (QED) is 0.643. The Balaban J connectivity index is 2.35. The number of hydrogen-bond donors (Lipinski definition) is 1. The zero-order chi connectivity index (χ0) is 16.4. The number of nitrogens with one attached hydrogen (secondary N) is 1. The summed E-state index contributed by atoms with van der Waals surface area (Å²) in [5.41, 5.74) is 0. The lowest BCUT2D eigenvalue weighted by Crippen LogP contribution is -2.31. The van der Waals surface area contributed by atoms with Gasteiger partial charge in [0, 0.05) is 19.6 Å². The standard InChI is InChI=1S/C13H22N4O2S3/c1-4-7-14-10(18)8-20-12-15-16-13(22-12)21-9-11(19)17(5-2)6-3/h4-9H2,1-3H3,(H,14,18). The number of thioether (sulfide) groups is 2. The van der Waals surface area contributed by atoms with Crippen molar-refractivity contribution in [3.63, 3.8) is 0 Å². The summed E-state index contributed by atoms with van der Waals surface area (Å²) in [4.78, 5) is 25.2. The molecule has 124 valence electrons. The van der Waals surface area contributed by atoms with E-state index in [1.807, 2.05) is 20.8 Å². The number of rotatable bonds is 10. The summed E-state index contributed by atoms with van der Waals surface area (Å²) >= 11 is 4.19. The van der Waals surface area contributed by atoms with E-state index >= 15 is 0 Å². The first-order valence-electron chi connectivity index (χ1n) is 7.24. The Morgan fingerprint density at radius 1 is 1.09 bits per heavy atom. The van der Waals surface area contributed by atoms with Crippen LogP contribution in [0.15, 0.2) is 8.68 Å². The SMILES string of the molecule is CCCNC(=O)CSc1nnc(SCC(=O)N(CC)CC)s1. The third-order valence-corrected chi connectivity index (χ3v) is 5.90. The lowest BCUT2D eigenvalue weighted by Gasteiger charge is -2.17. The van der Waals surface area contributed by atoms with E-state index in [0.717, 1.165) is 28.2 Å². The Morgan fingerprint density at radius 2 is 1.68 bits per heavy atom. The van der Waals surface area contributed by atoms with Crippen LogP contribution in [0, 0.1) is 0 Å². The maximum atomic E-state index is 11.9. The molecule has 0 unspecified atom stereocenters. The molecule has 0 saturated heterocycles. The van der Waals surface area contributed by atoms with Crippen LogP contribution in [0.1, 0.15) is 27.2 Å². The van der Waals surface area contributed by atoms with Crippen molar-refractivity contribution in [2.24, 2.45) is 0 Å². The summed E-state index contributed by atoms with van der Waals surface area (Å²) in [6.07, 6.45) is 0.927. The van der Waals surface area contributed by atoms with E-state index < -0.39 is 0 Å². The minimum Gasteiger partial charge on any atom is -0.355 e. The van der Waals surface area contributed by atoms with Crippen molar-refractivity contribution < 1.29 is 9.59 Å². The molecule has 1 N–H and O–H groups in total. The van der Waals surface area contributed by atoms with Crippen LogP contribution in [-0.4, -0.2) is 58.1 Å². The number of nitrogens with zero attached hydrogens (tertiary/aromatic N) is 3. The average Bonchev–Trinajstić information content (AvgIpc) is 2.98. The Morgan fingerprint density at radius 3 is 2.23 bits per heavy atom. The first kappa shape index (κ1) is 19.2. The Kier molecular flexibility index (Phi) is 9.49. The zero-order valence-corrected chi connectivity index (χ0v) is 15.6. The first-order chi connectivity index (χ1) is 10.6. The summed E-state index contributed by atoms with van der Waals surface area (Å²) in [6.45, 7) is 8.09. The molecular weight excluding hydrogens is 340 g/mol. The van der Waals surface area contributed by atoms with Gasteiger partial charge in [0.25, 0.3) is 0 Å². The van der Waals surface area contributed by atoms with Crippen LogP contribution in [0.2, 0.25) is 0 Å². The Hall–Kier alpha value is -0.800. The lowest BCUT2D eigenvalue weighted by molar-refractivity contribution is -0.128. The third-order valence-electron chi connectivity index (χ3n) is 2.72. The van der Waals surface area contributed by atoms with Crippen LogP contribution in [0.25, 0.3) is 0 Å². The van der Waals surface area contributed by atoms with Gasteiger partial charge in [0.15, 0.2) is 8.68 Å². The van der Waals surface area contributed by atoms with E-state index in [4.69, 9.17) is 0 Å². The molecule has 22 heavy (non-hydrogen) atoms. The fraction of sp³-hybridized carbons (Fsp3) is 0.692. The largest absolute Gasteiger partial charge is 0.355 e. The molecule has 0 aliphatic carbocycles. The van der Waals surface area contributed by atoms with Crippen LogP contribution in [0.4, 0.5) is 0 Å². The number of carbonyl (C=O) groups is 2. The smallest absolute Gasteiger partial charge is 0.233 e. The fourth-order valence-electron chi connectivity index (χ4n) is 1.55. The molecule has 1 heterocycles. The second-order valence-electron chi connectivity index (χ2n) is 4.33. The van der Waals surface area contributed by atoms with Gasteiger partial charge in [-0.15, -0.1) is 10.2 Å². The van der Waals surface area contributed by atoms with Gasteiger partial charge in [-0.25, -0.2) is 0 Å².